The predicted molar refractivity (Wildman–Crippen MR) is 65.6 cm³/mol. The molecule has 0 amide bonds. The monoisotopic (exact) mass is 226 g/mol. The van der Waals surface area contributed by atoms with E-state index in [2.05, 4.69) is 5.92 Å². The molecule has 0 spiro atoms. The predicted octanol–water partition coefficient (Wildman–Crippen LogP) is 3.16. The Morgan fingerprint density at radius 2 is 1.71 bits per heavy atom. The van der Waals surface area contributed by atoms with Gasteiger partial charge in [0, 0.05) is 5.56 Å². The molecule has 0 fully saturated rings. The Hall–Kier alpha value is -2.11. The number of terminal acetylenes is 1. The van der Waals surface area contributed by atoms with Gasteiger partial charge in [0.15, 0.2) is 0 Å². The van der Waals surface area contributed by atoms with Gasteiger partial charge in [0.05, 0.1) is 0 Å². The first-order valence-corrected chi connectivity index (χ1v) is 5.21. The highest BCUT2D eigenvalue weighted by Gasteiger charge is 2.06. The smallest absolute Gasteiger partial charge is 0.139 e. The quantitative estimate of drug-likeness (QED) is 0.780. The van der Waals surface area contributed by atoms with E-state index in [9.17, 15) is 9.50 Å². The number of halogens is 1. The van der Waals surface area contributed by atoms with E-state index >= 15 is 0 Å². The molecular formula is C15H11FO. The van der Waals surface area contributed by atoms with Crippen LogP contribution in [0.1, 0.15) is 11.7 Å². The van der Waals surface area contributed by atoms with Crippen LogP contribution >= 0.6 is 0 Å². The summed E-state index contributed by atoms with van der Waals surface area (Å²) in [5.41, 5.74) is 1.93. The van der Waals surface area contributed by atoms with E-state index in [1.54, 1.807) is 42.5 Å². The second-order valence-corrected chi connectivity index (χ2v) is 3.67. The van der Waals surface area contributed by atoms with Gasteiger partial charge in [-0.1, -0.05) is 48.4 Å². The fourth-order valence-electron chi connectivity index (χ4n) is 1.64. The number of hydrogen-bond acceptors (Lipinski definition) is 1. The van der Waals surface area contributed by atoms with E-state index in [1.807, 2.05) is 0 Å². The van der Waals surface area contributed by atoms with Gasteiger partial charge in [-0.3, -0.25) is 0 Å². The van der Waals surface area contributed by atoms with Gasteiger partial charge in [-0.25, -0.2) is 4.39 Å². The van der Waals surface area contributed by atoms with Crippen LogP contribution in [0.5, 0.6) is 0 Å². The van der Waals surface area contributed by atoms with Crippen molar-refractivity contribution in [1.29, 1.82) is 0 Å². The molecule has 0 radical (unpaired) electrons. The van der Waals surface area contributed by atoms with E-state index in [1.165, 1.54) is 6.07 Å². The van der Waals surface area contributed by atoms with Crippen molar-refractivity contribution >= 4 is 0 Å². The lowest BCUT2D eigenvalue weighted by Crippen LogP contribution is -1.93. The molecule has 0 aliphatic rings. The first kappa shape index (κ1) is 11.4. The van der Waals surface area contributed by atoms with E-state index in [4.69, 9.17) is 6.42 Å². The van der Waals surface area contributed by atoms with Gasteiger partial charge in [-0.05, 0) is 17.2 Å². The Labute approximate surface area is 99.5 Å². The molecule has 0 aromatic heterocycles. The molecule has 2 aromatic carbocycles. The molecule has 0 aliphatic carbocycles. The molecule has 0 saturated heterocycles. The molecule has 2 aromatic rings. The molecule has 0 heterocycles. The number of hydrogen-bond donors (Lipinski definition) is 1. The summed E-state index contributed by atoms with van der Waals surface area (Å²) in [7, 11) is 0. The second-order valence-electron chi connectivity index (χ2n) is 3.67. The van der Waals surface area contributed by atoms with Crippen molar-refractivity contribution in [2.75, 3.05) is 0 Å². The lowest BCUT2D eigenvalue weighted by Gasteiger charge is -2.06. The van der Waals surface area contributed by atoms with Gasteiger partial charge in [-0.15, -0.1) is 6.42 Å². The second kappa shape index (κ2) is 4.82. The van der Waals surface area contributed by atoms with E-state index in [0.29, 0.717) is 11.1 Å². The fourth-order valence-corrected chi connectivity index (χ4v) is 1.64. The molecule has 0 aliphatic heterocycles. The number of aliphatic hydroxyl groups excluding tert-OH is 1. The van der Waals surface area contributed by atoms with Crippen LogP contribution < -0.4 is 0 Å². The van der Waals surface area contributed by atoms with Gasteiger partial charge in [0.25, 0.3) is 0 Å². The van der Waals surface area contributed by atoms with Crippen molar-refractivity contribution in [1.82, 2.24) is 0 Å². The normalized spacial score (nSPS) is 11.8. The van der Waals surface area contributed by atoms with Crippen molar-refractivity contribution in [3.8, 4) is 23.5 Å². The van der Waals surface area contributed by atoms with Crippen molar-refractivity contribution in [3.63, 3.8) is 0 Å². The Morgan fingerprint density at radius 3 is 2.29 bits per heavy atom. The Morgan fingerprint density at radius 1 is 1.06 bits per heavy atom. The maximum absolute atomic E-state index is 13.5. The summed E-state index contributed by atoms with van der Waals surface area (Å²) >= 11 is 0. The highest BCUT2D eigenvalue weighted by atomic mass is 19.1. The van der Waals surface area contributed by atoms with E-state index < -0.39 is 6.10 Å². The summed E-state index contributed by atoms with van der Waals surface area (Å²) in [6.45, 7) is 0. The molecule has 0 saturated carbocycles. The molecule has 1 N–H and O–H groups in total. The van der Waals surface area contributed by atoms with Gasteiger partial charge < -0.3 is 5.11 Å². The van der Waals surface area contributed by atoms with Gasteiger partial charge in [0.1, 0.15) is 11.9 Å². The summed E-state index contributed by atoms with van der Waals surface area (Å²) in [5, 5.41) is 9.44. The molecule has 1 unspecified atom stereocenters. The van der Waals surface area contributed by atoms with Crippen LogP contribution in [0.3, 0.4) is 0 Å². The average molecular weight is 226 g/mol. The van der Waals surface area contributed by atoms with Crippen LogP contribution in [0.25, 0.3) is 11.1 Å². The van der Waals surface area contributed by atoms with Crippen LogP contribution in [0.15, 0.2) is 48.5 Å². The lowest BCUT2D eigenvalue weighted by atomic mass is 10.0. The van der Waals surface area contributed by atoms with Crippen LogP contribution in [0, 0.1) is 18.2 Å². The summed E-state index contributed by atoms with van der Waals surface area (Å²) in [4.78, 5) is 0. The van der Waals surface area contributed by atoms with Gasteiger partial charge >= 0.3 is 0 Å². The van der Waals surface area contributed by atoms with Crippen LogP contribution in [0.2, 0.25) is 0 Å². The first-order chi connectivity index (χ1) is 8.22. The third kappa shape index (κ3) is 2.35. The largest absolute Gasteiger partial charge is 0.376 e. The minimum absolute atomic E-state index is 0.266. The zero-order chi connectivity index (χ0) is 12.3. The van der Waals surface area contributed by atoms with Crippen molar-refractivity contribution < 1.29 is 9.50 Å². The lowest BCUT2D eigenvalue weighted by molar-refractivity contribution is 0.238. The molecule has 2 heteroatoms. The zero-order valence-corrected chi connectivity index (χ0v) is 9.10. The Bertz CT molecular complexity index is 552. The summed E-state index contributed by atoms with van der Waals surface area (Å²) in [6.07, 6.45) is 4.21. The minimum atomic E-state index is -0.912. The minimum Gasteiger partial charge on any atom is -0.376 e. The van der Waals surface area contributed by atoms with Crippen LogP contribution in [-0.2, 0) is 0 Å². The third-order valence-electron chi connectivity index (χ3n) is 2.57. The average Bonchev–Trinajstić information content (AvgIpc) is 2.39. The highest BCUT2D eigenvalue weighted by Crippen LogP contribution is 2.24. The third-order valence-corrected chi connectivity index (χ3v) is 2.57. The molecule has 17 heavy (non-hydrogen) atoms. The SMILES string of the molecule is C#CC(O)c1ccc(-c2ccccc2F)cc1. The fraction of sp³-hybridized carbons (Fsp3) is 0.0667. The Kier molecular flexibility index (Phi) is 3.22. The van der Waals surface area contributed by atoms with Crippen molar-refractivity contribution in [2.45, 2.75) is 6.10 Å². The number of benzene rings is 2. The molecule has 1 atom stereocenters. The van der Waals surface area contributed by atoms with E-state index in [0.717, 1.165) is 5.56 Å². The van der Waals surface area contributed by atoms with Crippen LogP contribution in [-0.4, -0.2) is 5.11 Å². The highest BCUT2D eigenvalue weighted by molar-refractivity contribution is 5.64. The van der Waals surface area contributed by atoms with E-state index in [-0.39, 0.29) is 5.82 Å². The topological polar surface area (TPSA) is 20.2 Å². The molecule has 2 rings (SSSR count). The maximum atomic E-state index is 13.5. The van der Waals surface area contributed by atoms with Crippen molar-refractivity contribution in [3.05, 3.63) is 59.9 Å². The van der Waals surface area contributed by atoms with Crippen molar-refractivity contribution in [2.24, 2.45) is 0 Å². The summed E-state index contributed by atoms with van der Waals surface area (Å²) in [6, 6.07) is 13.4. The number of aliphatic hydroxyl groups is 1. The Balaban J connectivity index is 2.37. The summed E-state index contributed by atoms with van der Waals surface area (Å²) in [5.74, 6) is 1.97. The van der Waals surface area contributed by atoms with Gasteiger partial charge in [0.2, 0.25) is 0 Å². The molecule has 84 valence electrons. The molecule has 0 bridgehead atoms. The first-order valence-electron chi connectivity index (χ1n) is 5.21. The summed E-state index contributed by atoms with van der Waals surface area (Å²) < 4.78 is 13.5. The maximum Gasteiger partial charge on any atom is 0.139 e. The van der Waals surface area contributed by atoms with Crippen LogP contribution in [0.4, 0.5) is 4.39 Å². The number of rotatable bonds is 2. The zero-order valence-electron chi connectivity index (χ0n) is 9.10. The molecular weight excluding hydrogens is 215 g/mol. The standard InChI is InChI=1S/C15H11FO/c1-2-15(17)12-9-7-11(8-10-12)13-5-3-4-6-14(13)16/h1,3-10,15,17H. The van der Waals surface area contributed by atoms with Gasteiger partial charge in [-0.2, -0.15) is 0 Å². The molecule has 1 nitrogen and oxygen atoms in total.